The van der Waals surface area contributed by atoms with Crippen molar-refractivity contribution < 1.29 is 4.42 Å². The fourth-order valence-corrected chi connectivity index (χ4v) is 1.18. The van der Waals surface area contributed by atoms with Crippen molar-refractivity contribution in [2.24, 2.45) is 0 Å². The van der Waals surface area contributed by atoms with E-state index < -0.39 is 0 Å². The first-order valence-electron chi connectivity index (χ1n) is 4.11. The van der Waals surface area contributed by atoms with Gasteiger partial charge >= 0.3 is 0 Å². The van der Waals surface area contributed by atoms with Gasteiger partial charge < -0.3 is 10.2 Å². The van der Waals surface area contributed by atoms with Crippen LogP contribution in [0.2, 0.25) is 0 Å². The number of rotatable bonds is 2. The average Bonchev–Trinajstić information content (AvgIpc) is 2.62. The van der Waals surface area contributed by atoms with Gasteiger partial charge in [0.05, 0.1) is 5.69 Å². The van der Waals surface area contributed by atoms with Crippen LogP contribution in [0, 0.1) is 13.8 Å². The molecule has 7 nitrogen and oxygen atoms in total. The highest BCUT2D eigenvalue weighted by molar-refractivity contribution is 5.14. The van der Waals surface area contributed by atoms with Gasteiger partial charge in [0.15, 0.2) is 5.89 Å². The second-order valence-electron chi connectivity index (χ2n) is 2.94. The largest absolute Gasteiger partial charge is 0.444 e. The molecule has 0 fully saturated rings. The quantitative estimate of drug-likeness (QED) is 0.717. The summed E-state index contributed by atoms with van der Waals surface area (Å²) in [5.74, 6) is 1.61. The third-order valence-corrected chi connectivity index (χ3v) is 1.85. The first-order chi connectivity index (χ1) is 6.66. The summed E-state index contributed by atoms with van der Waals surface area (Å²) >= 11 is 0. The Hall–Kier alpha value is -1.92. The van der Waals surface area contributed by atoms with E-state index in [-0.39, 0.29) is 5.95 Å². The minimum Gasteiger partial charge on any atom is -0.444 e. The van der Waals surface area contributed by atoms with Crippen LogP contribution in [0.4, 0.5) is 5.95 Å². The van der Waals surface area contributed by atoms with E-state index in [2.05, 4.69) is 20.5 Å². The van der Waals surface area contributed by atoms with Gasteiger partial charge in [-0.1, -0.05) is 5.10 Å². The second kappa shape index (κ2) is 3.09. The van der Waals surface area contributed by atoms with Crippen LogP contribution < -0.4 is 5.73 Å². The maximum Gasteiger partial charge on any atom is 0.240 e. The maximum absolute atomic E-state index is 5.51. The second-order valence-corrected chi connectivity index (χ2v) is 2.94. The fourth-order valence-electron chi connectivity index (χ4n) is 1.18. The Morgan fingerprint density at radius 1 is 1.43 bits per heavy atom. The fraction of sp³-hybridized carbons (Fsp3) is 0.429. The Kier molecular flexibility index (Phi) is 1.91. The zero-order valence-corrected chi connectivity index (χ0v) is 7.93. The van der Waals surface area contributed by atoms with E-state index in [1.54, 1.807) is 6.92 Å². The topological polar surface area (TPSA) is 95.7 Å². The molecule has 2 rings (SSSR count). The first kappa shape index (κ1) is 8.67. The van der Waals surface area contributed by atoms with Gasteiger partial charge in [0.1, 0.15) is 12.3 Å². The van der Waals surface area contributed by atoms with Crippen molar-refractivity contribution in [3.05, 3.63) is 17.3 Å². The van der Waals surface area contributed by atoms with Crippen molar-refractivity contribution in [2.75, 3.05) is 5.73 Å². The number of nitrogen functional groups attached to an aromatic ring is 1. The number of hydrogen-bond donors (Lipinski definition) is 1. The highest BCUT2D eigenvalue weighted by atomic mass is 16.4. The molecule has 0 aromatic carbocycles. The Morgan fingerprint density at radius 3 is 2.71 bits per heavy atom. The van der Waals surface area contributed by atoms with Crippen LogP contribution in [0.5, 0.6) is 0 Å². The highest BCUT2D eigenvalue weighted by Crippen LogP contribution is 2.11. The van der Waals surface area contributed by atoms with Gasteiger partial charge in [-0.2, -0.15) is 0 Å². The summed E-state index contributed by atoms with van der Waals surface area (Å²) in [6, 6.07) is 0. The molecule has 14 heavy (non-hydrogen) atoms. The number of hydrogen-bond acceptors (Lipinski definition) is 6. The standard InChI is InChI=1S/C7H10N6O/c1-4-6(14-5(2)9-4)3-13-7(8)10-11-12-13/h3H2,1-2H3,(H2,8,10,12). The zero-order valence-electron chi connectivity index (χ0n) is 7.93. The van der Waals surface area contributed by atoms with E-state index in [0.29, 0.717) is 12.4 Å². The van der Waals surface area contributed by atoms with E-state index in [1.807, 2.05) is 6.92 Å². The number of tetrazole rings is 1. The SMILES string of the molecule is Cc1nc(C)c(Cn2nnnc2N)o1. The molecular formula is C7H10N6O. The summed E-state index contributed by atoms with van der Waals surface area (Å²) in [4.78, 5) is 4.13. The molecule has 0 aliphatic heterocycles. The van der Waals surface area contributed by atoms with Gasteiger partial charge in [0.2, 0.25) is 5.95 Å². The number of aryl methyl sites for hydroxylation is 2. The molecule has 2 heterocycles. The Morgan fingerprint density at radius 2 is 2.21 bits per heavy atom. The monoisotopic (exact) mass is 194 g/mol. The van der Waals surface area contributed by atoms with Gasteiger partial charge in [-0.15, -0.1) is 0 Å². The molecule has 0 saturated heterocycles. The summed E-state index contributed by atoms with van der Waals surface area (Å²) in [6.07, 6.45) is 0. The zero-order chi connectivity index (χ0) is 10.1. The van der Waals surface area contributed by atoms with Crippen LogP contribution in [0.1, 0.15) is 17.3 Å². The number of aromatic nitrogens is 5. The van der Waals surface area contributed by atoms with Gasteiger partial charge in [0.25, 0.3) is 0 Å². The Balaban J connectivity index is 2.27. The van der Waals surface area contributed by atoms with E-state index in [4.69, 9.17) is 10.2 Å². The van der Waals surface area contributed by atoms with Crippen LogP contribution >= 0.6 is 0 Å². The molecule has 0 bridgehead atoms. The molecule has 74 valence electrons. The molecule has 0 saturated carbocycles. The maximum atomic E-state index is 5.51. The normalized spacial score (nSPS) is 10.7. The number of oxazole rings is 1. The minimum absolute atomic E-state index is 0.262. The molecule has 0 spiro atoms. The molecule has 2 N–H and O–H groups in total. The molecule has 0 aliphatic rings. The summed E-state index contributed by atoms with van der Waals surface area (Å²) in [5.41, 5.74) is 6.34. The summed E-state index contributed by atoms with van der Waals surface area (Å²) in [6.45, 7) is 4.07. The molecule has 0 radical (unpaired) electrons. The lowest BCUT2D eigenvalue weighted by atomic mass is 10.4. The van der Waals surface area contributed by atoms with E-state index in [1.165, 1.54) is 4.68 Å². The van der Waals surface area contributed by atoms with Crippen LogP contribution in [0.15, 0.2) is 4.42 Å². The Bertz CT molecular complexity index is 445. The third-order valence-electron chi connectivity index (χ3n) is 1.85. The predicted molar refractivity (Wildman–Crippen MR) is 47.3 cm³/mol. The highest BCUT2D eigenvalue weighted by Gasteiger charge is 2.10. The van der Waals surface area contributed by atoms with Gasteiger partial charge in [-0.3, -0.25) is 0 Å². The van der Waals surface area contributed by atoms with E-state index in [0.717, 1.165) is 11.5 Å². The molecule has 0 aliphatic carbocycles. The van der Waals surface area contributed by atoms with Crippen LogP contribution in [-0.4, -0.2) is 25.2 Å². The predicted octanol–water partition coefficient (Wildman–Crippen LogP) is -0.0916. The summed E-state index contributed by atoms with van der Waals surface area (Å²) in [7, 11) is 0. The number of anilines is 1. The van der Waals surface area contributed by atoms with Crippen LogP contribution in [0.25, 0.3) is 0 Å². The lowest BCUT2D eigenvalue weighted by Crippen LogP contribution is -2.06. The smallest absolute Gasteiger partial charge is 0.240 e. The molecule has 2 aromatic heterocycles. The lowest BCUT2D eigenvalue weighted by molar-refractivity contribution is 0.450. The Labute approximate surface area is 79.9 Å². The van der Waals surface area contributed by atoms with Crippen LogP contribution in [-0.2, 0) is 6.54 Å². The molecular weight excluding hydrogens is 184 g/mol. The summed E-state index contributed by atoms with van der Waals surface area (Å²) in [5, 5.41) is 10.7. The van der Waals surface area contributed by atoms with Gasteiger partial charge in [0, 0.05) is 6.92 Å². The minimum atomic E-state index is 0.262. The summed E-state index contributed by atoms with van der Waals surface area (Å²) < 4.78 is 6.81. The number of nitrogens with two attached hydrogens (primary N) is 1. The molecule has 7 heteroatoms. The molecule has 0 atom stereocenters. The van der Waals surface area contributed by atoms with E-state index >= 15 is 0 Å². The first-order valence-corrected chi connectivity index (χ1v) is 4.11. The van der Waals surface area contributed by atoms with Crippen molar-refractivity contribution >= 4 is 5.95 Å². The van der Waals surface area contributed by atoms with Crippen molar-refractivity contribution in [2.45, 2.75) is 20.4 Å². The number of nitrogens with zero attached hydrogens (tertiary/aromatic N) is 5. The van der Waals surface area contributed by atoms with Gasteiger partial charge in [-0.25, -0.2) is 9.67 Å². The van der Waals surface area contributed by atoms with Crippen molar-refractivity contribution in [3.63, 3.8) is 0 Å². The van der Waals surface area contributed by atoms with Crippen molar-refractivity contribution in [1.82, 2.24) is 25.2 Å². The third kappa shape index (κ3) is 1.43. The van der Waals surface area contributed by atoms with Crippen molar-refractivity contribution in [3.8, 4) is 0 Å². The van der Waals surface area contributed by atoms with Crippen molar-refractivity contribution in [1.29, 1.82) is 0 Å². The molecule has 2 aromatic rings. The molecule has 0 unspecified atom stereocenters. The van der Waals surface area contributed by atoms with Gasteiger partial charge in [-0.05, 0) is 17.4 Å². The molecule has 0 amide bonds. The van der Waals surface area contributed by atoms with E-state index in [9.17, 15) is 0 Å². The van der Waals surface area contributed by atoms with Crippen LogP contribution in [0.3, 0.4) is 0 Å². The average molecular weight is 194 g/mol. The lowest BCUT2D eigenvalue weighted by Gasteiger charge is -1.97.